The van der Waals surface area contributed by atoms with E-state index in [-0.39, 0.29) is 43.1 Å². The van der Waals surface area contributed by atoms with E-state index in [0.717, 1.165) is 12.2 Å². The van der Waals surface area contributed by atoms with Crippen LogP contribution in [0.5, 0.6) is 0 Å². The van der Waals surface area contributed by atoms with Gasteiger partial charge in [0.2, 0.25) is 11.8 Å². The third kappa shape index (κ3) is 9.11. The van der Waals surface area contributed by atoms with Gasteiger partial charge >= 0.3 is 18.1 Å². The van der Waals surface area contributed by atoms with Crippen LogP contribution in [0.4, 0.5) is 13.2 Å². The van der Waals surface area contributed by atoms with Crippen LogP contribution in [0.1, 0.15) is 29.3 Å². The van der Waals surface area contributed by atoms with Crippen molar-refractivity contribution in [2.24, 2.45) is 0 Å². The fraction of sp³-hybridized carbons (Fsp3) is 0.462. The molecule has 5 unspecified atom stereocenters. The van der Waals surface area contributed by atoms with Crippen molar-refractivity contribution >= 4 is 29.8 Å². The first-order valence-electron chi connectivity index (χ1n) is 12.4. The van der Waals surface area contributed by atoms with Gasteiger partial charge in [-0.05, 0) is 30.7 Å². The molecular weight excluding hydrogens is 557 g/mol. The molecule has 1 aliphatic heterocycles. The number of nitrogens with one attached hydrogen (secondary N) is 2. The normalized spacial score (nSPS) is 21.8. The Morgan fingerprint density at radius 1 is 1.20 bits per heavy atom. The van der Waals surface area contributed by atoms with Crippen molar-refractivity contribution in [2.75, 3.05) is 26.6 Å². The molecule has 0 spiro atoms. The molecule has 1 saturated heterocycles. The molecule has 1 aromatic rings. The topological polar surface area (TPSA) is 170 Å². The third-order valence-electron chi connectivity index (χ3n) is 5.97. The Morgan fingerprint density at radius 3 is 2.61 bits per heavy atom. The van der Waals surface area contributed by atoms with Gasteiger partial charge in [0.05, 0.1) is 18.3 Å². The van der Waals surface area contributed by atoms with E-state index in [9.17, 15) is 37.5 Å². The number of rotatable bonds is 11. The number of hydrogen-bond donors (Lipinski definition) is 4. The predicted molar refractivity (Wildman–Crippen MR) is 133 cm³/mol. The Morgan fingerprint density at radius 2 is 1.93 bits per heavy atom. The molecule has 0 bridgehead atoms. The van der Waals surface area contributed by atoms with Crippen molar-refractivity contribution in [3.63, 3.8) is 0 Å². The van der Waals surface area contributed by atoms with Crippen LogP contribution in [-0.4, -0.2) is 97.2 Å². The van der Waals surface area contributed by atoms with Crippen molar-refractivity contribution in [2.45, 2.75) is 50.0 Å². The summed E-state index contributed by atoms with van der Waals surface area (Å²) < 4.78 is 57.6. The lowest BCUT2D eigenvalue weighted by molar-refractivity contribution is -0.182. The number of aliphatic hydroxyl groups excluding tert-OH is 2. The number of alkyl halides is 3. The molecule has 41 heavy (non-hydrogen) atoms. The minimum atomic E-state index is -4.69. The van der Waals surface area contributed by atoms with Gasteiger partial charge in [-0.3, -0.25) is 9.59 Å². The summed E-state index contributed by atoms with van der Waals surface area (Å²) in [5.74, 6) is -3.59. The highest BCUT2D eigenvalue weighted by molar-refractivity contribution is 5.98. The molecule has 1 fully saturated rings. The van der Waals surface area contributed by atoms with Crippen molar-refractivity contribution in [3.8, 4) is 0 Å². The van der Waals surface area contributed by atoms with E-state index in [1.807, 2.05) is 0 Å². The molecule has 3 rings (SSSR count). The SMILES string of the molecule is CC(O)C(NC(=O)C1=CC2OCOC2C(OC(=O)c2ccccc2C=CC(=O)OCC(F)(F)F)C1)C(=O)NCCO. The Hall–Kier alpha value is -3.79. The zero-order valence-electron chi connectivity index (χ0n) is 21.8. The van der Waals surface area contributed by atoms with Gasteiger partial charge in [0.15, 0.2) is 6.61 Å². The fourth-order valence-corrected chi connectivity index (χ4v) is 4.04. The smallest absolute Gasteiger partial charge is 0.422 e. The number of esters is 2. The van der Waals surface area contributed by atoms with E-state index in [4.69, 9.17) is 19.3 Å². The molecule has 1 aliphatic carbocycles. The van der Waals surface area contributed by atoms with E-state index >= 15 is 0 Å². The molecule has 0 aromatic heterocycles. The fourth-order valence-electron chi connectivity index (χ4n) is 4.04. The number of ether oxygens (including phenoxy) is 4. The van der Waals surface area contributed by atoms with Crippen LogP contribution in [-0.2, 0) is 33.3 Å². The number of aliphatic hydroxyl groups is 2. The van der Waals surface area contributed by atoms with Crippen LogP contribution in [0.2, 0.25) is 0 Å². The quantitative estimate of drug-likeness (QED) is 0.210. The highest BCUT2D eigenvalue weighted by atomic mass is 19.4. The van der Waals surface area contributed by atoms with E-state index in [2.05, 4.69) is 15.4 Å². The molecule has 15 heteroatoms. The minimum Gasteiger partial charge on any atom is -0.456 e. The van der Waals surface area contributed by atoms with E-state index in [1.165, 1.54) is 37.3 Å². The minimum absolute atomic E-state index is 0.0295. The number of hydrogen-bond acceptors (Lipinski definition) is 10. The summed E-state index contributed by atoms with van der Waals surface area (Å²) in [5.41, 5.74) is 0.216. The second kappa shape index (κ2) is 14.2. The van der Waals surface area contributed by atoms with Gasteiger partial charge in [-0.1, -0.05) is 18.2 Å². The zero-order valence-corrected chi connectivity index (χ0v) is 21.8. The Balaban J connectivity index is 1.72. The lowest BCUT2D eigenvalue weighted by Crippen LogP contribution is -2.54. The standard InChI is InChI=1S/C26H29F3N2O10/c1-14(33)21(24(36)30-8-9-32)31-23(35)16-10-18-22(40-13-39-18)19(11-16)41-25(37)17-5-3-2-4-15(17)6-7-20(34)38-12-26(27,28)29/h2-7,10,14,18-19,21-22,32-33H,8-9,11-13H2,1H3,(H,30,36)(H,31,35). The molecule has 0 saturated carbocycles. The van der Waals surface area contributed by atoms with Gasteiger partial charge in [0.25, 0.3) is 0 Å². The van der Waals surface area contributed by atoms with Crippen molar-refractivity contribution in [3.05, 3.63) is 53.1 Å². The van der Waals surface area contributed by atoms with Gasteiger partial charge in [-0.25, -0.2) is 9.59 Å². The highest BCUT2D eigenvalue weighted by Crippen LogP contribution is 2.31. The molecule has 2 amide bonds. The van der Waals surface area contributed by atoms with E-state index in [0.29, 0.717) is 0 Å². The van der Waals surface area contributed by atoms with Crippen LogP contribution in [0.3, 0.4) is 0 Å². The monoisotopic (exact) mass is 586 g/mol. The van der Waals surface area contributed by atoms with E-state index < -0.39 is 67.0 Å². The van der Waals surface area contributed by atoms with Crippen LogP contribution < -0.4 is 10.6 Å². The summed E-state index contributed by atoms with van der Waals surface area (Å²) in [6.45, 7) is -1.03. The molecule has 0 radical (unpaired) electrons. The lowest BCUT2D eigenvalue weighted by atomic mass is 9.91. The first-order valence-corrected chi connectivity index (χ1v) is 12.4. The van der Waals surface area contributed by atoms with Crippen LogP contribution in [0, 0.1) is 0 Å². The summed E-state index contributed by atoms with van der Waals surface area (Å²) >= 11 is 0. The van der Waals surface area contributed by atoms with E-state index in [1.54, 1.807) is 0 Å². The largest absolute Gasteiger partial charge is 0.456 e. The summed E-state index contributed by atoms with van der Waals surface area (Å²) in [6.07, 6.45) is -5.37. The first kappa shape index (κ1) is 31.7. The van der Waals surface area contributed by atoms with Gasteiger partial charge in [-0.2, -0.15) is 13.2 Å². The van der Waals surface area contributed by atoms with Gasteiger partial charge in [0, 0.05) is 24.6 Å². The molecule has 5 atom stereocenters. The Kier molecular flexibility index (Phi) is 11.0. The lowest BCUT2D eigenvalue weighted by Gasteiger charge is -2.31. The van der Waals surface area contributed by atoms with Crippen LogP contribution in [0.15, 0.2) is 42.0 Å². The maximum atomic E-state index is 13.1. The zero-order chi connectivity index (χ0) is 30.2. The summed E-state index contributed by atoms with van der Waals surface area (Å²) in [7, 11) is 0. The van der Waals surface area contributed by atoms with Crippen LogP contribution >= 0.6 is 0 Å². The molecular formula is C26H29F3N2O10. The van der Waals surface area contributed by atoms with Crippen molar-refractivity contribution in [1.29, 1.82) is 0 Å². The molecule has 4 N–H and O–H groups in total. The number of amides is 2. The number of benzene rings is 1. The number of carbonyl (C=O) groups is 4. The van der Waals surface area contributed by atoms with Crippen molar-refractivity contribution in [1.82, 2.24) is 10.6 Å². The van der Waals surface area contributed by atoms with Crippen molar-refractivity contribution < 1.29 is 61.5 Å². The maximum Gasteiger partial charge on any atom is 0.422 e. The highest BCUT2D eigenvalue weighted by Gasteiger charge is 2.43. The van der Waals surface area contributed by atoms with Gasteiger partial charge < -0.3 is 39.8 Å². The Labute approximate surface area is 232 Å². The number of carbonyl (C=O) groups excluding carboxylic acids is 4. The molecule has 12 nitrogen and oxygen atoms in total. The summed E-state index contributed by atoms with van der Waals surface area (Å²) in [4.78, 5) is 50.1. The molecule has 1 aromatic carbocycles. The first-order chi connectivity index (χ1) is 19.4. The number of halogens is 3. The second-order valence-corrected chi connectivity index (χ2v) is 9.07. The molecule has 1 heterocycles. The molecule has 2 aliphatic rings. The summed E-state index contributed by atoms with van der Waals surface area (Å²) in [6, 6.07) is 4.50. The van der Waals surface area contributed by atoms with Crippen LogP contribution in [0.25, 0.3) is 6.08 Å². The number of fused-ring (bicyclic) bond motifs is 1. The maximum absolute atomic E-state index is 13.1. The third-order valence-corrected chi connectivity index (χ3v) is 5.97. The van der Waals surface area contributed by atoms with Gasteiger partial charge in [-0.15, -0.1) is 0 Å². The average Bonchev–Trinajstić information content (AvgIpc) is 3.41. The Bertz CT molecular complexity index is 1180. The van der Waals surface area contributed by atoms with Gasteiger partial charge in [0.1, 0.15) is 31.1 Å². The second-order valence-electron chi connectivity index (χ2n) is 9.07. The summed E-state index contributed by atoms with van der Waals surface area (Å²) in [5, 5.41) is 23.7. The predicted octanol–water partition coefficient (Wildman–Crippen LogP) is 0.376. The molecule has 224 valence electrons. The average molecular weight is 587 g/mol.